The number of rotatable bonds is 3. The molecule has 3 aromatic carbocycles. The van der Waals surface area contributed by atoms with E-state index in [4.69, 9.17) is 0 Å². The minimum absolute atomic E-state index is 1.40. The van der Waals surface area contributed by atoms with Crippen LogP contribution in [0, 0.1) is 20.8 Å². The van der Waals surface area contributed by atoms with Crippen molar-refractivity contribution in [3.05, 3.63) is 89.5 Å². The van der Waals surface area contributed by atoms with Crippen LogP contribution in [0.2, 0.25) is 0 Å². The van der Waals surface area contributed by atoms with Gasteiger partial charge in [-0.15, -0.1) is 0 Å². The van der Waals surface area contributed by atoms with E-state index in [1.54, 1.807) is 0 Å². The van der Waals surface area contributed by atoms with Gasteiger partial charge in [-0.3, -0.25) is 0 Å². The Kier molecular flexibility index (Phi) is 4.37. The fraction of sp³-hybridized carbons (Fsp3) is 0.182. The summed E-state index contributed by atoms with van der Waals surface area (Å²) < 4.78 is 0. The first kappa shape index (κ1) is 16.0. The number of aryl methyl sites for hydroxylation is 3. The van der Waals surface area contributed by atoms with E-state index < -0.39 is 7.26 Å². The van der Waals surface area contributed by atoms with Crippen LogP contribution in [0.5, 0.6) is 0 Å². The Morgan fingerprint density at radius 2 is 0.739 bits per heavy atom. The van der Waals surface area contributed by atoms with Crippen LogP contribution < -0.4 is 15.9 Å². The number of hydrogen-bond acceptors (Lipinski definition) is 0. The van der Waals surface area contributed by atoms with Crippen molar-refractivity contribution in [3.63, 3.8) is 0 Å². The molecule has 23 heavy (non-hydrogen) atoms. The molecule has 0 saturated carbocycles. The summed E-state index contributed by atoms with van der Waals surface area (Å²) in [5.41, 5.74) is 4.19. The molecule has 3 rings (SSSR count). The van der Waals surface area contributed by atoms with Crippen molar-refractivity contribution in [1.82, 2.24) is 0 Å². The molecule has 0 aliphatic rings. The molecule has 0 fully saturated rings. The standard InChI is InChI=1S/C22H25P/c1-17-11-5-8-14-20(17)23(4,21-15-9-6-12-18(21)2)22-16-10-7-13-19(22)3/h5-16,23H,1-4H3. The van der Waals surface area contributed by atoms with Gasteiger partial charge >= 0.3 is 140 Å². The Morgan fingerprint density at radius 3 is 1.00 bits per heavy atom. The Balaban J connectivity index is 2.38. The van der Waals surface area contributed by atoms with Gasteiger partial charge in [0, 0.05) is 0 Å². The molecular formula is C22H25P. The van der Waals surface area contributed by atoms with Gasteiger partial charge in [0.15, 0.2) is 0 Å². The molecule has 3 aromatic rings. The molecule has 0 heterocycles. The van der Waals surface area contributed by atoms with Crippen molar-refractivity contribution in [2.75, 3.05) is 6.66 Å². The Hall–Kier alpha value is -1.91. The monoisotopic (exact) mass is 320 g/mol. The van der Waals surface area contributed by atoms with Crippen LogP contribution in [0.15, 0.2) is 72.8 Å². The van der Waals surface area contributed by atoms with E-state index >= 15 is 0 Å². The van der Waals surface area contributed by atoms with Crippen LogP contribution in [0.3, 0.4) is 0 Å². The van der Waals surface area contributed by atoms with E-state index in [9.17, 15) is 0 Å². The molecule has 0 aromatic heterocycles. The first-order valence-corrected chi connectivity index (χ1v) is 10.7. The average molecular weight is 320 g/mol. The molecule has 0 amide bonds. The minimum atomic E-state index is -2.01. The van der Waals surface area contributed by atoms with Gasteiger partial charge in [0.25, 0.3) is 0 Å². The van der Waals surface area contributed by atoms with Crippen molar-refractivity contribution >= 4 is 23.2 Å². The SMILES string of the molecule is Cc1ccccc1[PH](C)(c1ccccc1C)c1ccccc1C. The van der Waals surface area contributed by atoms with E-state index in [0.29, 0.717) is 0 Å². The Labute approximate surface area is 140 Å². The molecular weight excluding hydrogens is 295 g/mol. The van der Waals surface area contributed by atoms with Crippen LogP contribution in [0.1, 0.15) is 16.7 Å². The van der Waals surface area contributed by atoms with Gasteiger partial charge in [0.1, 0.15) is 0 Å². The topological polar surface area (TPSA) is 0 Å². The van der Waals surface area contributed by atoms with E-state index in [1.165, 1.54) is 32.6 Å². The average Bonchev–Trinajstić information content (AvgIpc) is 2.55. The molecule has 0 nitrogen and oxygen atoms in total. The summed E-state index contributed by atoms with van der Waals surface area (Å²) in [7, 11) is -2.01. The van der Waals surface area contributed by atoms with Crippen LogP contribution in [0.25, 0.3) is 0 Å². The zero-order chi connectivity index (χ0) is 16.4. The van der Waals surface area contributed by atoms with Gasteiger partial charge in [0.2, 0.25) is 0 Å². The fourth-order valence-corrected chi connectivity index (χ4v) is 8.61. The summed E-state index contributed by atoms with van der Waals surface area (Å²) in [5.74, 6) is 0. The molecule has 0 spiro atoms. The maximum absolute atomic E-state index is 2.50. The summed E-state index contributed by atoms with van der Waals surface area (Å²) in [6.45, 7) is 9.24. The second-order valence-electron chi connectivity index (χ2n) is 6.57. The van der Waals surface area contributed by atoms with Crippen molar-refractivity contribution in [2.24, 2.45) is 0 Å². The summed E-state index contributed by atoms with van der Waals surface area (Å²) in [6.07, 6.45) is 0. The molecule has 0 aliphatic carbocycles. The first-order chi connectivity index (χ1) is 11.0. The molecule has 0 bridgehead atoms. The van der Waals surface area contributed by atoms with Crippen LogP contribution in [0.4, 0.5) is 0 Å². The summed E-state index contributed by atoms with van der Waals surface area (Å²) in [5, 5.41) is 4.55. The summed E-state index contributed by atoms with van der Waals surface area (Å²) in [6, 6.07) is 26.7. The second-order valence-corrected chi connectivity index (χ2v) is 10.4. The quantitative estimate of drug-likeness (QED) is 0.632. The number of hydrogen-bond donors (Lipinski definition) is 0. The van der Waals surface area contributed by atoms with Gasteiger partial charge < -0.3 is 0 Å². The van der Waals surface area contributed by atoms with Crippen molar-refractivity contribution in [2.45, 2.75) is 20.8 Å². The predicted octanol–water partition coefficient (Wildman–Crippen LogP) is 4.27. The second kappa shape index (κ2) is 6.30. The first-order valence-electron chi connectivity index (χ1n) is 8.23. The predicted molar refractivity (Wildman–Crippen MR) is 107 cm³/mol. The third-order valence-electron chi connectivity index (χ3n) is 5.05. The summed E-state index contributed by atoms with van der Waals surface area (Å²) >= 11 is 0. The molecule has 0 radical (unpaired) electrons. The number of benzene rings is 3. The zero-order valence-corrected chi connectivity index (χ0v) is 15.4. The van der Waals surface area contributed by atoms with Gasteiger partial charge in [-0.25, -0.2) is 0 Å². The zero-order valence-electron chi connectivity index (χ0n) is 14.4. The molecule has 0 aliphatic heterocycles. The molecule has 1 heteroatoms. The van der Waals surface area contributed by atoms with Gasteiger partial charge in [-0.2, -0.15) is 0 Å². The van der Waals surface area contributed by atoms with E-state index in [1.807, 2.05) is 0 Å². The van der Waals surface area contributed by atoms with E-state index in [-0.39, 0.29) is 0 Å². The van der Waals surface area contributed by atoms with E-state index in [0.717, 1.165) is 0 Å². The van der Waals surface area contributed by atoms with Gasteiger partial charge in [-0.1, -0.05) is 0 Å². The molecule has 0 saturated heterocycles. The van der Waals surface area contributed by atoms with Gasteiger partial charge in [-0.05, 0) is 0 Å². The van der Waals surface area contributed by atoms with Crippen LogP contribution in [-0.2, 0) is 0 Å². The van der Waals surface area contributed by atoms with Crippen LogP contribution >= 0.6 is 7.26 Å². The third kappa shape index (κ3) is 2.73. The van der Waals surface area contributed by atoms with Gasteiger partial charge in [0.05, 0.1) is 0 Å². The maximum atomic E-state index is 2.50. The molecule has 0 atom stereocenters. The van der Waals surface area contributed by atoms with Crippen molar-refractivity contribution < 1.29 is 0 Å². The third-order valence-corrected chi connectivity index (χ3v) is 9.97. The van der Waals surface area contributed by atoms with Crippen LogP contribution in [-0.4, -0.2) is 6.66 Å². The van der Waals surface area contributed by atoms with E-state index in [2.05, 4.69) is 100 Å². The normalized spacial score (nSPS) is 12.2. The van der Waals surface area contributed by atoms with Crippen molar-refractivity contribution in [3.8, 4) is 0 Å². The fourth-order valence-electron chi connectivity index (χ4n) is 3.84. The molecule has 0 unspecified atom stereocenters. The molecule has 0 N–H and O–H groups in total. The Morgan fingerprint density at radius 1 is 0.478 bits per heavy atom. The molecule has 118 valence electrons. The van der Waals surface area contributed by atoms with Crippen molar-refractivity contribution in [1.29, 1.82) is 0 Å². The summed E-state index contributed by atoms with van der Waals surface area (Å²) in [4.78, 5) is 0. The Bertz CT molecular complexity index is 722.